The molecule has 0 aliphatic carbocycles. The Balaban J connectivity index is 1.66. The predicted octanol–water partition coefficient (Wildman–Crippen LogP) is 3.18. The van der Waals surface area contributed by atoms with Crippen molar-refractivity contribution in [2.75, 3.05) is 11.1 Å². The van der Waals surface area contributed by atoms with Crippen LogP contribution in [0.5, 0.6) is 0 Å². The molecule has 3 rings (SSSR count). The highest BCUT2D eigenvalue weighted by molar-refractivity contribution is 5.72. The molecule has 0 amide bonds. The van der Waals surface area contributed by atoms with Crippen LogP contribution in [0, 0.1) is 5.82 Å². The zero-order chi connectivity index (χ0) is 19.9. The smallest absolute Gasteiger partial charge is 0.310 e. The summed E-state index contributed by atoms with van der Waals surface area (Å²) in [5.74, 6) is -0.578. The SMILES string of the molecule is CCc1ccccc1Nc1nc(N)nc(COC(=O)Cc2ccccc2F)n1. The zero-order valence-electron chi connectivity index (χ0n) is 15.4. The Bertz CT molecular complexity index is 980. The van der Waals surface area contributed by atoms with Crippen LogP contribution in [0.25, 0.3) is 0 Å². The van der Waals surface area contributed by atoms with E-state index in [0.29, 0.717) is 0 Å². The molecule has 7 nitrogen and oxygen atoms in total. The number of esters is 1. The average Bonchev–Trinajstić information content (AvgIpc) is 2.68. The summed E-state index contributed by atoms with van der Waals surface area (Å²) in [6.07, 6.45) is 0.659. The van der Waals surface area contributed by atoms with Gasteiger partial charge >= 0.3 is 5.97 Å². The summed E-state index contributed by atoms with van der Waals surface area (Å²) in [5, 5.41) is 3.11. The fourth-order valence-corrected chi connectivity index (χ4v) is 2.62. The van der Waals surface area contributed by atoms with Gasteiger partial charge in [-0.2, -0.15) is 15.0 Å². The molecule has 0 spiro atoms. The van der Waals surface area contributed by atoms with E-state index in [4.69, 9.17) is 10.5 Å². The molecule has 2 aromatic carbocycles. The normalized spacial score (nSPS) is 10.5. The van der Waals surface area contributed by atoms with E-state index in [2.05, 4.69) is 20.3 Å². The van der Waals surface area contributed by atoms with Crippen molar-refractivity contribution in [3.05, 3.63) is 71.3 Å². The van der Waals surface area contributed by atoms with Crippen LogP contribution in [0.1, 0.15) is 23.9 Å². The molecule has 0 saturated carbocycles. The monoisotopic (exact) mass is 381 g/mol. The summed E-state index contributed by atoms with van der Waals surface area (Å²) in [7, 11) is 0. The lowest BCUT2D eigenvalue weighted by molar-refractivity contribution is -0.144. The summed E-state index contributed by atoms with van der Waals surface area (Å²) in [4.78, 5) is 24.3. The number of nitrogens with zero attached hydrogens (tertiary/aromatic N) is 3. The molecule has 3 N–H and O–H groups in total. The average molecular weight is 381 g/mol. The summed E-state index contributed by atoms with van der Waals surface area (Å²) in [5.41, 5.74) is 7.96. The number of rotatable bonds is 7. The molecule has 0 aliphatic heterocycles. The number of anilines is 3. The van der Waals surface area contributed by atoms with Gasteiger partial charge in [-0.15, -0.1) is 0 Å². The fourth-order valence-electron chi connectivity index (χ4n) is 2.62. The molecule has 0 radical (unpaired) electrons. The van der Waals surface area contributed by atoms with Crippen molar-refractivity contribution < 1.29 is 13.9 Å². The van der Waals surface area contributed by atoms with Crippen LogP contribution in [0.2, 0.25) is 0 Å². The summed E-state index contributed by atoms with van der Waals surface area (Å²) >= 11 is 0. The molecule has 8 heteroatoms. The van der Waals surface area contributed by atoms with Crippen LogP contribution >= 0.6 is 0 Å². The largest absolute Gasteiger partial charge is 0.457 e. The number of nitrogens with two attached hydrogens (primary N) is 1. The number of nitrogen functional groups attached to an aromatic ring is 1. The molecular formula is C20H20FN5O2. The molecule has 0 fully saturated rings. The number of aromatic nitrogens is 3. The van der Waals surface area contributed by atoms with E-state index in [1.165, 1.54) is 12.1 Å². The van der Waals surface area contributed by atoms with Crippen molar-refractivity contribution >= 4 is 23.6 Å². The minimum atomic E-state index is -0.588. The lowest BCUT2D eigenvalue weighted by atomic mass is 10.1. The van der Waals surface area contributed by atoms with Crippen molar-refractivity contribution in [1.29, 1.82) is 0 Å². The second kappa shape index (κ2) is 8.90. The Hall–Kier alpha value is -3.55. The Morgan fingerprint density at radius 2 is 1.79 bits per heavy atom. The molecule has 0 saturated heterocycles. The lowest BCUT2D eigenvalue weighted by Crippen LogP contribution is -2.13. The number of para-hydroxylation sites is 1. The van der Waals surface area contributed by atoms with E-state index < -0.39 is 11.8 Å². The van der Waals surface area contributed by atoms with E-state index >= 15 is 0 Å². The number of carbonyl (C=O) groups is 1. The molecule has 3 aromatic rings. The predicted molar refractivity (Wildman–Crippen MR) is 103 cm³/mol. The number of carbonyl (C=O) groups excluding carboxylic acids is 1. The Morgan fingerprint density at radius 3 is 2.54 bits per heavy atom. The van der Waals surface area contributed by atoms with Gasteiger partial charge in [0.05, 0.1) is 6.42 Å². The summed E-state index contributed by atoms with van der Waals surface area (Å²) in [6, 6.07) is 13.8. The third-order valence-corrected chi connectivity index (χ3v) is 4.00. The van der Waals surface area contributed by atoms with E-state index in [1.54, 1.807) is 12.1 Å². The van der Waals surface area contributed by atoms with Gasteiger partial charge in [-0.3, -0.25) is 4.79 Å². The first-order valence-corrected chi connectivity index (χ1v) is 8.79. The molecule has 144 valence electrons. The highest BCUT2D eigenvalue weighted by Crippen LogP contribution is 2.19. The number of aryl methyl sites for hydroxylation is 1. The van der Waals surface area contributed by atoms with Crippen molar-refractivity contribution in [2.45, 2.75) is 26.4 Å². The van der Waals surface area contributed by atoms with Crippen LogP contribution in [0.15, 0.2) is 48.5 Å². The van der Waals surface area contributed by atoms with Crippen LogP contribution in [0.3, 0.4) is 0 Å². The highest BCUT2D eigenvalue weighted by atomic mass is 19.1. The fraction of sp³-hybridized carbons (Fsp3) is 0.200. The van der Waals surface area contributed by atoms with Gasteiger partial charge in [0.1, 0.15) is 5.82 Å². The van der Waals surface area contributed by atoms with Gasteiger partial charge in [0, 0.05) is 5.69 Å². The highest BCUT2D eigenvalue weighted by Gasteiger charge is 2.12. The second-order valence-electron chi connectivity index (χ2n) is 6.00. The minimum Gasteiger partial charge on any atom is -0.457 e. The standard InChI is InChI=1S/C20H20FN5O2/c1-2-13-7-4-6-10-16(13)23-20-25-17(24-19(22)26-20)12-28-18(27)11-14-8-3-5-9-15(14)21/h3-10H,2,11-12H2,1H3,(H3,22,23,24,25,26). The second-order valence-corrected chi connectivity index (χ2v) is 6.00. The third-order valence-electron chi connectivity index (χ3n) is 4.00. The van der Waals surface area contributed by atoms with Gasteiger partial charge in [0.15, 0.2) is 12.4 Å². The number of benzene rings is 2. The number of hydrogen-bond acceptors (Lipinski definition) is 7. The van der Waals surface area contributed by atoms with E-state index in [9.17, 15) is 9.18 Å². The Labute approximate surface area is 161 Å². The summed E-state index contributed by atoms with van der Waals surface area (Å²) < 4.78 is 18.8. The summed E-state index contributed by atoms with van der Waals surface area (Å²) in [6.45, 7) is 1.85. The third kappa shape index (κ3) is 5.00. The number of nitrogens with one attached hydrogen (secondary N) is 1. The first kappa shape index (κ1) is 19.2. The lowest BCUT2D eigenvalue weighted by Gasteiger charge is -2.11. The zero-order valence-corrected chi connectivity index (χ0v) is 15.4. The van der Waals surface area contributed by atoms with Crippen LogP contribution in [0.4, 0.5) is 22.0 Å². The maximum atomic E-state index is 13.6. The number of halogens is 1. The first-order chi connectivity index (χ1) is 13.5. The van der Waals surface area contributed by atoms with Crippen molar-refractivity contribution in [3.8, 4) is 0 Å². The Kier molecular flexibility index (Phi) is 6.11. The van der Waals surface area contributed by atoms with E-state index in [-0.39, 0.29) is 36.3 Å². The Morgan fingerprint density at radius 1 is 1.07 bits per heavy atom. The van der Waals surface area contributed by atoms with Gasteiger partial charge in [-0.25, -0.2) is 4.39 Å². The minimum absolute atomic E-state index is 0.00614. The van der Waals surface area contributed by atoms with Gasteiger partial charge in [-0.05, 0) is 29.7 Å². The topological polar surface area (TPSA) is 103 Å². The number of hydrogen-bond donors (Lipinski definition) is 2. The molecule has 0 unspecified atom stereocenters. The van der Waals surface area contributed by atoms with Gasteiger partial charge in [0.2, 0.25) is 11.9 Å². The van der Waals surface area contributed by atoms with Gasteiger partial charge in [0.25, 0.3) is 0 Å². The molecule has 28 heavy (non-hydrogen) atoms. The van der Waals surface area contributed by atoms with Crippen LogP contribution < -0.4 is 11.1 Å². The van der Waals surface area contributed by atoms with Crippen LogP contribution in [-0.2, 0) is 29.0 Å². The quantitative estimate of drug-likeness (QED) is 0.606. The molecule has 1 heterocycles. The van der Waals surface area contributed by atoms with Gasteiger partial charge in [-0.1, -0.05) is 43.3 Å². The maximum Gasteiger partial charge on any atom is 0.310 e. The molecule has 1 aromatic heterocycles. The van der Waals surface area contributed by atoms with Gasteiger partial charge < -0.3 is 15.8 Å². The van der Waals surface area contributed by atoms with E-state index in [0.717, 1.165) is 17.7 Å². The van der Waals surface area contributed by atoms with Crippen LogP contribution in [-0.4, -0.2) is 20.9 Å². The first-order valence-electron chi connectivity index (χ1n) is 8.79. The molecular weight excluding hydrogens is 361 g/mol. The van der Waals surface area contributed by atoms with Crippen molar-refractivity contribution in [1.82, 2.24) is 15.0 Å². The van der Waals surface area contributed by atoms with Crippen molar-refractivity contribution in [2.24, 2.45) is 0 Å². The van der Waals surface area contributed by atoms with Crippen molar-refractivity contribution in [3.63, 3.8) is 0 Å². The molecule has 0 bridgehead atoms. The molecule has 0 atom stereocenters. The maximum absolute atomic E-state index is 13.6. The number of ether oxygens (including phenoxy) is 1. The van der Waals surface area contributed by atoms with E-state index in [1.807, 2.05) is 31.2 Å². The molecule has 0 aliphatic rings.